The van der Waals surface area contributed by atoms with Crippen LogP contribution in [0.15, 0.2) is 6.20 Å². The minimum atomic E-state index is -0.997. The highest BCUT2D eigenvalue weighted by Crippen LogP contribution is 2.48. The SMILES string of the molecule is COCCC1(CNc2ncc(C(=O)O)c(C)n2)CC1. The van der Waals surface area contributed by atoms with Gasteiger partial charge in [0.2, 0.25) is 5.95 Å². The zero-order valence-electron chi connectivity index (χ0n) is 11.3. The second-order valence-corrected chi connectivity index (χ2v) is 5.09. The monoisotopic (exact) mass is 265 g/mol. The van der Waals surface area contributed by atoms with E-state index in [1.807, 2.05) is 0 Å². The van der Waals surface area contributed by atoms with Crippen LogP contribution in [0.4, 0.5) is 5.95 Å². The first-order chi connectivity index (χ1) is 9.06. The molecule has 0 radical (unpaired) electrons. The van der Waals surface area contributed by atoms with Gasteiger partial charge in [0, 0.05) is 26.5 Å². The van der Waals surface area contributed by atoms with Crippen LogP contribution in [0.1, 0.15) is 35.3 Å². The van der Waals surface area contributed by atoms with E-state index in [1.54, 1.807) is 14.0 Å². The first-order valence-corrected chi connectivity index (χ1v) is 6.36. The molecule has 0 unspecified atom stereocenters. The lowest BCUT2D eigenvalue weighted by atomic mass is 10.0. The number of aryl methyl sites for hydroxylation is 1. The Bertz CT molecular complexity index is 472. The highest BCUT2D eigenvalue weighted by Gasteiger charge is 2.41. The second kappa shape index (κ2) is 5.52. The maximum Gasteiger partial charge on any atom is 0.339 e. The van der Waals surface area contributed by atoms with E-state index in [1.165, 1.54) is 19.0 Å². The van der Waals surface area contributed by atoms with Gasteiger partial charge in [-0.1, -0.05) is 0 Å². The molecule has 1 aliphatic rings. The minimum Gasteiger partial charge on any atom is -0.478 e. The Labute approximate surface area is 112 Å². The van der Waals surface area contributed by atoms with Crippen LogP contribution in [-0.4, -0.2) is 41.3 Å². The third-order valence-corrected chi connectivity index (χ3v) is 3.62. The number of nitrogens with zero attached hydrogens (tertiary/aromatic N) is 2. The molecule has 2 rings (SSSR count). The number of carboxylic acid groups (broad SMARTS) is 1. The van der Waals surface area contributed by atoms with Crippen molar-refractivity contribution in [1.29, 1.82) is 0 Å². The number of aromatic nitrogens is 2. The fourth-order valence-corrected chi connectivity index (χ4v) is 2.04. The molecule has 2 N–H and O–H groups in total. The third-order valence-electron chi connectivity index (χ3n) is 3.62. The lowest BCUT2D eigenvalue weighted by Gasteiger charge is -2.15. The second-order valence-electron chi connectivity index (χ2n) is 5.09. The lowest BCUT2D eigenvalue weighted by molar-refractivity contribution is 0.0695. The van der Waals surface area contributed by atoms with Crippen molar-refractivity contribution < 1.29 is 14.6 Å². The van der Waals surface area contributed by atoms with Crippen LogP contribution < -0.4 is 5.32 Å². The smallest absolute Gasteiger partial charge is 0.339 e. The Morgan fingerprint density at radius 3 is 2.84 bits per heavy atom. The first-order valence-electron chi connectivity index (χ1n) is 6.36. The molecule has 104 valence electrons. The minimum absolute atomic E-state index is 0.145. The Morgan fingerprint density at radius 1 is 1.58 bits per heavy atom. The van der Waals surface area contributed by atoms with Gasteiger partial charge >= 0.3 is 5.97 Å². The van der Waals surface area contributed by atoms with Crippen molar-refractivity contribution in [2.75, 3.05) is 25.6 Å². The summed E-state index contributed by atoms with van der Waals surface area (Å²) >= 11 is 0. The molecule has 1 aromatic rings. The van der Waals surface area contributed by atoms with Crippen LogP contribution in [0, 0.1) is 12.3 Å². The summed E-state index contributed by atoms with van der Waals surface area (Å²) in [6.45, 7) is 3.25. The van der Waals surface area contributed by atoms with E-state index < -0.39 is 5.97 Å². The van der Waals surface area contributed by atoms with Crippen LogP contribution in [0.5, 0.6) is 0 Å². The van der Waals surface area contributed by atoms with Gasteiger partial charge in [-0.2, -0.15) is 0 Å². The number of methoxy groups -OCH3 is 1. The number of ether oxygens (including phenoxy) is 1. The largest absolute Gasteiger partial charge is 0.478 e. The number of rotatable bonds is 7. The van der Waals surface area contributed by atoms with Crippen molar-refractivity contribution in [2.45, 2.75) is 26.2 Å². The number of anilines is 1. The number of hydrogen-bond donors (Lipinski definition) is 2. The van der Waals surface area contributed by atoms with E-state index in [0.29, 0.717) is 17.1 Å². The third kappa shape index (κ3) is 3.41. The van der Waals surface area contributed by atoms with E-state index in [0.717, 1.165) is 19.6 Å². The van der Waals surface area contributed by atoms with Crippen LogP contribution in [0.25, 0.3) is 0 Å². The molecule has 0 amide bonds. The summed E-state index contributed by atoms with van der Waals surface area (Å²) in [5.74, 6) is -0.506. The molecule has 0 atom stereocenters. The molecular weight excluding hydrogens is 246 g/mol. The van der Waals surface area contributed by atoms with E-state index >= 15 is 0 Å². The summed E-state index contributed by atoms with van der Waals surface area (Å²) in [6, 6.07) is 0. The van der Waals surface area contributed by atoms with Gasteiger partial charge in [-0.15, -0.1) is 0 Å². The zero-order chi connectivity index (χ0) is 13.9. The molecule has 19 heavy (non-hydrogen) atoms. The normalized spacial score (nSPS) is 16.1. The maximum atomic E-state index is 10.9. The first kappa shape index (κ1) is 13.7. The van der Waals surface area contributed by atoms with Gasteiger partial charge in [0.15, 0.2) is 0 Å². The quantitative estimate of drug-likeness (QED) is 0.780. The molecule has 1 fully saturated rings. The molecule has 1 aromatic heterocycles. The molecule has 6 heteroatoms. The molecule has 0 saturated heterocycles. The van der Waals surface area contributed by atoms with Crippen LogP contribution >= 0.6 is 0 Å². The van der Waals surface area contributed by atoms with Gasteiger partial charge in [-0.25, -0.2) is 14.8 Å². The van der Waals surface area contributed by atoms with Crippen molar-refractivity contribution in [3.63, 3.8) is 0 Å². The fourth-order valence-electron chi connectivity index (χ4n) is 2.04. The molecular formula is C13H19N3O3. The van der Waals surface area contributed by atoms with Crippen LogP contribution in [0.3, 0.4) is 0 Å². The molecule has 0 aliphatic heterocycles. The van der Waals surface area contributed by atoms with Crippen molar-refractivity contribution in [3.8, 4) is 0 Å². The molecule has 1 saturated carbocycles. The van der Waals surface area contributed by atoms with Crippen molar-refractivity contribution in [1.82, 2.24) is 9.97 Å². The van der Waals surface area contributed by atoms with Gasteiger partial charge in [0.25, 0.3) is 0 Å². The highest BCUT2D eigenvalue weighted by molar-refractivity contribution is 5.88. The summed E-state index contributed by atoms with van der Waals surface area (Å²) in [4.78, 5) is 19.1. The van der Waals surface area contributed by atoms with Gasteiger partial charge in [-0.3, -0.25) is 0 Å². The Balaban J connectivity index is 1.93. The molecule has 0 bridgehead atoms. The topological polar surface area (TPSA) is 84.3 Å². The molecule has 1 heterocycles. The van der Waals surface area contributed by atoms with Crippen molar-refractivity contribution in [3.05, 3.63) is 17.5 Å². The van der Waals surface area contributed by atoms with E-state index in [4.69, 9.17) is 9.84 Å². The van der Waals surface area contributed by atoms with Crippen LogP contribution in [0.2, 0.25) is 0 Å². The Morgan fingerprint density at radius 2 is 2.32 bits per heavy atom. The molecule has 0 spiro atoms. The van der Waals surface area contributed by atoms with Gasteiger partial charge < -0.3 is 15.2 Å². The summed E-state index contributed by atoms with van der Waals surface area (Å²) in [7, 11) is 1.71. The number of carboxylic acids is 1. The maximum absolute atomic E-state index is 10.9. The summed E-state index contributed by atoms with van der Waals surface area (Å²) in [5.41, 5.74) is 0.927. The molecule has 0 aromatic carbocycles. The summed E-state index contributed by atoms with van der Waals surface area (Å²) < 4.78 is 5.11. The average Bonchev–Trinajstić information content (AvgIpc) is 3.14. The van der Waals surface area contributed by atoms with E-state index in [-0.39, 0.29) is 5.56 Å². The Kier molecular flexibility index (Phi) is 3.99. The standard InChI is InChI=1S/C13H19N3O3/c1-9-10(11(17)18)7-14-12(16-9)15-8-13(3-4-13)5-6-19-2/h7H,3-6,8H2,1-2H3,(H,17,18)(H,14,15,16). The molecule has 1 aliphatic carbocycles. The van der Waals surface area contributed by atoms with Gasteiger partial charge in [0.05, 0.1) is 11.3 Å². The average molecular weight is 265 g/mol. The van der Waals surface area contributed by atoms with Crippen molar-refractivity contribution >= 4 is 11.9 Å². The van der Waals surface area contributed by atoms with Gasteiger partial charge in [0.1, 0.15) is 0 Å². The predicted molar refractivity (Wildman–Crippen MR) is 70.4 cm³/mol. The Hall–Kier alpha value is -1.69. The highest BCUT2D eigenvalue weighted by atomic mass is 16.5. The zero-order valence-corrected chi connectivity index (χ0v) is 11.3. The number of nitrogens with one attached hydrogen (secondary N) is 1. The predicted octanol–water partition coefficient (Wildman–Crippen LogP) is 1.71. The number of hydrogen-bond acceptors (Lipinski definition) is 5. The lowest BCUT2D eigenvalue weighted by Crippen LogP contribution is -2.19. The number of carbonyl (C=O) groups is 1. The number of aromatic carboxylic acids is 1. The molecule has 6 nitrogen and oxygen atoms in total. The summed E-state index contributed by atoms with van der Waals surface area (Å²) in [6.07, 6.45) is 4.76. The van der Waals surface area contributed by atoms with E-state index in [9.17, 15) is 4.79 Å². The van der Waals surface area contributed by atoms with Crippen LogP contribution in [-0.2, 0) is 4.74 Å². The fraction of sp³-hybridized carbons (Fsp3) is 0.615. The van der Waals surface area contributed by atoms with Gasteiger partial charge in [-0.05, 0) is 31.6 Å². The summed E-state index contributed by atoms with van der Waals surface area (Å²) in [5, 5.41) is 12.1. The van der Waals surface area contributed by atoms with Crippen molar-refractivity contribution in [2.24, 2.45) is 5.41 Å². The van der Waals surface area contributed by atoms with E-state index in [2.05, 4.69) is 15.3 Å².